The summed E-state index contributed by atoms with van der Waals surface area (Å²) in [5, 5.41) is 3.96. The molecule has 1 heterocycles. The molecule has 2 nitrogen and oxygen atoms in total. The van der Waals surface area contributed by atoms with Crippen LogP contribution in [0.4, 0.5) is 0 Å². The molecule has 3 aliphatic rings. The Kier molecular flexibility index (Phi) is 3.68. The number of nitrogens with zero attached hydrogens (tertiary/aromatic N) is 1. The summed E-state index contributed by atoms with van der Waals surface area (Å²) >= 11 is 0. The lowest BCUT2D eigenvalue weighted by Crippen LogP contribution is -2.68. The largest absolute Gasteiger partial charge is 0.308 e. The molecule has 104 valence electrons. The van der Waals surface area contributed by atoms with Crippen LogP contribution in [0.15, 0.2) is 0 Å². The second kappa shape index (κ2) is 5.13. The van der Waals surface area contributed by atoms with Crippen molar-refractivity contribution in [1.29, 1.82) is 0 Å². The predicted molar refractivity (Wildman–Crippen MR) is 76.8 cm³/mol. The first-order valence-electron chi connectivity index (χ1n) is 8.21. The van der Waals surface area contributed by atoms with Crippen molar-refractivity contribution in [3.8, 4) is 0 Å². The molecule has 0 aromatic carbocycles. The molecule has 0 radical (unpaired) electrons. The molecule has 2 saturated carbocycles. The van der Waals surface area contributed by atoms with Crippen LogP contribution >= 0.6 is 0 Å². The third-order valence-electron chi connectivity index (χ3n) is 5.72. The van der Waals surface area contributed by atoms with Crippen molar-refractivity contribution >= 4 is 0 Å². The number of hydrogen-bond acceptors (Lipinski definition) is 2. The van der Waals surface area contributed by atoms with E-state index < -0.39 is 0 Å². The number of hydrogen-bond donors (Lipinski definition) is 1. The molecule has 1 N–H and O–H groups in total. The van der Waals surface area contributed by atoms with Gasteiger partial charge in [-0.2, -0.15) is 0 Å². The van der Waals surface area contributed by atoms with Crippen molar-refractivity contribution in [2.45, 2.75) is 82.8 Å². The van der Waals surface area contributed by atoms with Crippen LogP contribution in [-0.4, -0.2) is 35.6 Å². The van der Waals surface area contributed by atoms with Crippen molar-refractivity contribution in [3.63, 3.8) is 0 Å². The van der Waals surface area contributed by atoms with E-state index in [1.165, 1.54) is 64.5 Å². The molecule has 0 bridgehead atoms. The monoisotopic (exact) mass is 250 g/mol. The highest BCUT2D eigenvalue weighted by molar-refractivity contribution is 5.02. The second-order valence-electron chi connectivity index (χ2n) is 7.29. The first kappa shape index (κ1) is 12.9. The zero-order valence-corrected chi connectivity index (χ0v) is 12.3. The molecule has 1 spiro atoms. The van der Waals surface area contributed by atoms with Gasteiger partial charge in [0.2, 0.25) is 0 Å². The maximum Gasteiger partial charge on any atom is 0.0309 e. The van der Waals surface area contributed by atoms with Crippen molar-refractivity contribution in [3.05, 3.63) is 0 Å². The summed E-state index contributed by atoms with van der Waals surface area (Å²) < 4.78 is 0. The Morgan fingerprint density at radius 1 is 1.06 bits per heavy atom. The maximum atomic E-state index is 3.96. The highest BCUT2D eigenvalue weighted by Crippen LogP contribution is 2.37. The van der Waals surface area contributed by atoms with Gasteiger partial charge in [0.1, 0.15) is 0 Å². The summed E-state index contributed by atoms with van der Waals surface area (Å²) in [6.45, 7) is 7.36. The zero-order valence-electron chi connectivity index (χ0n) is 12.3. The van der Waals surface area contributed by atoms with E-state index in [2.05, 4.69) is 24.1 Å². The number of piperazine rings is 1. The van der Waals surface area contributed by atoms with Gasteiger partial charge in [-0.05, 0) is 31.6 Å². The SMILES string of the molecule is CC(C)C1CNC2(CCCCC2)CN1C1CCC1. The van der Waals surface area contributed by atoms with E-state index in [9.17, 15) is 0 Å². The third kappa shape index (κ3) is 2.34. The third-order valence-corrected chi connectivity index (χ3v) is 5.72. The van der Waals surface area contributed by atoms with Crippen molar-refractivity contribution in [2.24, 2.45) is 5.92 Å². The minimum absolute atomic E-state index is 0.485. The quantitative estimate of drug-likeness (QED) is 0.810. The fourth-order valence-electron chi connectivity index (χ4n) is 4.26. The first-order valence-corrected chi connectivity index (χ1v) is 8.21. The molecule has 3 fully saturated rings. The Morgan fingerprint density at radius 3 is 2.33 bits per heavy atom. The maximum absolute atomic E-state index is 3.96. The van der Waals surface area contributed by atoms with E-state index in [1.54, 1.807) is 0 Å². The van der Waals surface area contributed by atoms with Crippen molar-refractivity contribution in [2.75, 3.05) is 13.1 Å². The predicted octanol–water partition coefficient (Wildman–Crippen LogP) is 3.17. The van der Waals surface area contributed by atoms with Crippen LogP contribution in [-0.2, 0) is 0 Å². The summed E-state index contributed by atoms with van der Waals surface area (Å²) in [7, 11) is 0. The average Bonchev–Trinajstić information content (AvgIpc) is 2.27. The van der Waals surface area contributed by atoms with Crippen molar-refractivity contribution in [1.82, 2.24) is 10.2 Å². The first-order chi connectivity index (χ1) is 8.70. The lowest BCUT2D eigenvalue weighted by Gasteiger charge is -2.55. The van der Waals surface area contributed by atoms with Crippen LogP contribution in [0.3, 0.4) is 0 Å². The second-order valence-corrected chi connectivity index (χ2v) is 7.29. The van der Waals surface area contributed by atoms with E-state index in [-0.39, 0.29) is 0 Å². The molecule has 0 aromatic heterocycles. The number of rotatable bonds is 2. The van der Waals surface area contributed by atoms with Crippen molar-refractivity contribution < 1.29 is 0 Å². The van der Waals surface area contributed by atoms with Gasteiger partial charge in [-0.3, -0.25) is 4.90 Å². The normalized spacial score (nSPS) is 33.8. The fraction of sp³-hybridized carbons (Fsp3) is 1.00. The highest BCUT2D eigenvalue weighted by Gasteiger charge is 2.43. The molecule has 0 aromatic rings. The van der Waals surface area contributed by atoms with E-state index in [0.717, 1.165) is 18.0 Å². The summed E-state index contributed by atoms with van der Waals surface area (Å²) in [5.74, 6) is 0.791. The lowest BCUT2D eigenvalue weighted by atomic mass is 9.76. The van der Waals surface area contributed by atoms with E-state index in [1.807, 2.05) is 0 Å². The Hall–Kier alpha value is -0.0800. The molecule has 3 rings (SSSR count). The molecule has 1 aliphatic heterocycles. The Bertz CT molecular complexity index is 277. The van der Waals surface area contributed by atoms with Crippen LogP contribution in [0.25, 0.3) is 0 Å². The highest BCUT2D eigenvalue weighted by atomic mass is 15.3. The summed E-state index contributed by atoms with van der Waals surface area (Å²) in [4.78, 5) is 2.90. The molecule has 0 amide bonds. The van der Waals surface area contributed by atoms with Gasteiger partial charge in [-0.25, -0.2) is 0 Å². The molecule has 18 heavy (non-hydrogen) atoms. The molecule has 1 atom stereocenters. The molecule has 2 aliphatic carbocycles. The minimum Gasteiger partial charge on any atom is -0.308 e. The van der Waals surface area contributed by atoms with Gasteiger partial charge < -0.3 is 5.32 Å². The summed E-state index contributed by atoms with van der Waals surface area (Å²) in [5.41, 5.74) is 0.485. The average molecular weight is 250 g/mol. The van der Waals surface area contributed by atoms with Crippen LogP contribution in [0.2, 0.25) is 0 Å². The Balaban J connectivity index is 1.72. The van der Waals surface area contributed by atoms with Gasteiger partial charge in [0.15, 0.2) is 0 Å². The zero-order chi connectivity index (χ0) is 12.6. The Labute approximate surface area is 113 Å². The Morgan fingerprint density at radius 2 is 1.78 bits per heavy atom. The molecular formula is C16H30N2. The standard InChI is InChI=1S/C16H30N2/c1-13(2)15-11-17-16(9-4-3-5-10-16)12-18(15)14-7-6-8-14/h13-15,17H,3-12H2,1-2H3. The molecule has 1 unspecified atom stereocenters. The number of nitrogens with one attached hydrogen (secondary N) is 1. The lowest BCUT2D eigenvalue weighted by molar-refractivity contribution is -0.0173. The van der Waals surface area contributed by atoms with E-state index in [0.29, 0.717) is 5.54 Å². The summed E-state index contributed by atoms with van der Waals surface area (Å²) in [6, 6.07) is 1.70. The summed E-state index contributed by atoms with van der Waals surface area (Å²) in [6.07, 6.45) is 11.6. The topological polar surface area (TPSA) is 15.3 Å². The van der Waals surface area contributed by atoms with Gasteiger partial charge in [-0.15, -0.1) is 0 Å². The molecular weight excluding hydrogens is 220 g/mol. The van der Waals surface area contributed by atoms with Crippen LogP contribution in [0.1, 0.15) is 65.2 Å². The van der Waals surface area contributed by atoms with Crippen LogP contribution in [0.5, 0.6) is 0 Å². The smallest absolute Gasteiger partial charge is 0.0309 e. The van der Waals surface area contributed by atoms with Crippen LogP contribution in [0, 0.1) is 5.92 Å². The van der Waals surface area contributed by atoms with E-state index in [4.69, 9.17) is 0 Å². The van der Waals surface area contributed by atoms with E-state index >= 15 is 0 Å². The molecule has 1 saturated heterocycles. The minimum atomic E-state index is 0.485. The van der Waals surface area contributed by atoms with Crippen LogP contribution < -0.4 is 5.32 Å². The van der Waals surface area contributed by atoms with Gasteiger partial charge in [0, 0.05) is 30.7 Å². The van der Waals surface area contributed by atoms with Gasteiger partial charge in [0.25, 0.3) is 0 Å². The fourth-order valence-corrected chi connectivity index (χ4v) is 4.26. The van der Waals surface area contributed by atoms with Gasteiger partial charge >= 0.3 is 0 Å². The van der Waals surface area contributed by atoms with Gasteiger partial charge in [-0.1, -0.05) is 39.5 Å². The van der Waals surface area contributed by atoms with Gasteiger partial charge in [0.05, 0.1) is 0 Å². The molecule has 2 heteroatoms.